The maximum Gasteiger partial charge on any atom is 0.0789 e. The van der Waals surface area contributed by atoms with E-state index in [1.807, 2.05) is 14.1 Å². The van der Waals surface area contributed by atoms with Crippen LogP contribution in [0.3, 0.4) is 0 Å². The molecule has 0 aromatic heterocycles. The van der Waals surface area contributed by atoms with Gasteiger partial charge < -0.3 is 14.7 Å². The molecule has 3 heteroatoms. The Labute approximate surface area is 61.6 Å². The van der Waals surface area contributed by atoms with Gasteiger partial charge >= 0.3 is 0 Å². The largest absolute Gasteiger partial charge is 0.391 e. The van der Waals surface area contributed by atoms with Gasteiger partial charge in [-0.3, -0.25) is 0 Å². The molecule has 0 amide bonds. The third-order valence-electron chi connectivity index (χ3n) is 1.89. The van der Waals surface area contributed by atoms with E-state index in [4.69, 9.17) is 4.74 Å². The summed E-state index contributed by atoms with van der Waals surface area (Å²) in [5.41, 5.74) is 0. The van der Waals surface area contributed by atoms with Crippen LogP contribution in [0.1, 0.15) is 6.42 Å². The number of aliphatic hydroxyl groups excluding tert-OH is 1. The predicted octanol–water partition coefficient (Wildman–Crippen LogP) is -0.302. The van der Waals surface area contributed by atoms with E-state index < -0.39 is 0 Å². The highest BCUT2D eigenvalue weighted by atomic mass is 16.5. The zero-order valence-corrected chi connectivity index (χ0v) is 6.58. The van der Waals surface area contributed by atoms with Gasteiger partial charge in [-0.25, -0.2) is 0 Å². The van der Waals surface area contributed by atoms with Crippen LogP contribution in [-0.2, 0) is 4.74 Å². The van der Waals surface area contributed by atoms with Gasteiger partial charge in [-0.1, -0.05) is 0 Å². The SMILES string of the molecule is CN(C)[C@H]1COC[C@H](O)C1. The van der Waals surface area contributed by atoms with E-state index in [1.165, 1.54) is 0 Å². The summed E-state index contributed by atoms with van der Waals surface area (Å²) in [6.07, 6.45) is 0.577. The first kappa shape index (κ1) is 7.98. The molecule has 1 aliphatic rings. The van der Waals surface area contributed by atoms with Crippen LogP contribution in [0.5, 0.6) is 0 Å². The second-order valence-corrected chi connectivity index (χ2v) is 3.04. The van der Waals surface area contributed by atoms with E-state index in [-0.39, 0.29) is 6.10 Å². The zero-order valence-electron chi connectivity index (χ0n) is 6.58. The van der Waals surface area contributed by atoms with Gasteiger partial charge in [0.05, 0.1) is 19.3 Å². The maximum atomic E-state index is 9.18. The molecule has 1 rings (SSSR count). The molecule has 0 spiro atoms. The average Bonchev–Trinajstić information content (AvgIpc) is 1.88. The quantitative estimate of drug-likeness (QED) is 0.550. The number of rotatable bonds is 1. The minimum atomic E-state index is -0.263. The Morgan fingerprint density at radius 1 is 1.40 bits per heavy atom. The van der Waals surface area contributed by atoms with Crippen molar-refractivity contribution in [2.45, 2.75) is 18.6 Å². The summed E-state index contributed by atoms with van der Waals surface area (Å²) in [6.45, 7) is 1.26. The molecule has 2 atom stereocenters. The molecule has 0 bridgehead atoms. The van der Waals surface area contributed by atoms with Gasteiger partial charge in [0, 0.05) is 6.04 Å². The minimum Gasteiger partial charge on any atom is -0.391 e. The lowest BCUT2D eigenvalue weighted by Gasteiger charge is -2.30. The minimum absolute atomic E-state index is 0.263. The second kappa shape index (κ2) is 3.32. The molecule has 0 unspecified atom stereocenters. The molecular weight excluding hydrogens is 130 g/mol. The van der Waals surface area contributed by atoms with Gasteiger partial charge in [0.2, 0.25) is 0 Å². The molecule has 3 nitrogen and oxygen atoms in total. The van der Waals surface area contributed by atoms with Gasteiger partial charge in [-0.2, -0.15) is 0 Å². The van der Waals surface area contributed by atoms with Gasteiger partial charge in [0.15, 0.2) is 0 Å². The Morgan fingerprint density at radius 3 is 2.50 bits per heavy atom. The van der Waals surface area contributed by atoms with Crippen molar-refractivity contribution in [2.75, 3.05) is 27.3 Å². The van der Waals surface area contributed by atoms with Crippen molar-refractivity contribution in [1.29, 1.82) is 0 Å². The topological polar surface area (TPSA) is 32.7 Å². The summed E-state index contributed by atoms with van der Waals surface area (Å²) in [7, 11) is 4.01. The van der Waals surface area contributed by atoms with Crippen molar-refractivity contribution in [1.82, 2.24) is 4.90 Å². The highest BCUT2D eigenvalue weighted by Crippen LogP contribution is 2.10. The summed E-state index contributed by atoms with van der Waals surface area (Å²) in [4.78, 5) is 2.09. The molecule has 0 radical (unpaired) electrons. The number of hydrogen-bond acceptors (Lipinski definition) is 3. The van der Waals surface area contributed by atoms with Crippen molar-refractivity contribution in [3.05, 3.63) is 0 Å². The molecule has 60 valence electrons. The summed E-state index contributed by atoms with van der Waals surface area (Å²) in [5.74, 6) is 0. The Bertz CT molecular complexity index is 106. The fraction of sp³-hybridized carbons (Fsp3) is 1.00. The van der Waals surface area contributed by atoms with E-state index in [1.54, 1.807) is 0 Å². The first-order valence-electron chi connectivity index (χ1n) is 3.62. The normalized spacial score (nSPS) is 34.8. The predicted molar refractivity (Wildman–Crippen MR) is 38.9 cm³/mol. The molecular formula is C7H15NO2. The van der Waals surface area contributed by atoms with Crippen LogP contribution in [0, 0.1) is 0 Å². The van der Waals surface area contributed by atoms with Crippen molar-refractivity contribution in [3.8, 4) is 0 Å². The van der Waals surface area contributed by atoms with E-state index in [0.29, 0.717) is 12.6 Å². The molecule has 10 heavy (non-hydrogen) atoms. The Morgan fingerprint density at radius 2 is 2.10 bits per heavy atom. The van der Waals surface area contributed by atoms with Gasteiger partial charge in [-0.05, 0) is 20.5 Å². The fourth-order valence-electron chi connectivity index (χ4n) is 1.15. The van der Waals surface area contributed by atoms with Crippen LogP contribution < -0.4 is 0 Å². The Balaban J connectivity index is 2.32. The maximum absolute atomic E-state index is 9.18. The highest BCUT2D eigenvalue weighted by Gasteiger charge is 2.21. The number of hydrogen-bond donors (Lipinski definition) is 1. The monoisotopic (exact) mass is 145 g/mol. The highest BCUT2D eigenvalue weighted by molar-refractivity contribution is 4.74. The molecule has 0 aliphatic carbocycles. The van der Waals surface area contributed by atoms with E-state index in [2.05, 4.69) is 4.90 Å². The molecule has 1 heterocycles. The molecule has 0 aromatic rings. The van der Waals surface area contributed by atoms with Gasteiger partial charge in [0.1, 0.15) is 0 Å². The summed E-state index contributed by atoms with van der Waals surface area (Å²) in [6, 6.07) is 0.392. The van der Waals surface area contributed by atoms with E-state index in [0.717, 1.165) is 13.0 Å². The molecule has 1 N–H and O–H groups in total. The van der Waals surface area contributed by atoms with E-state index in [9.17, 15) is 5.11 Å². The molecule has 1 saturated heterocycles. The fourth-order valence-corrected chi connectivity index (χ4v) is 1.15. The van der Waals surface area contributed by atoms with Crippen molar-refractivity contribution in [3.63, 3.8) is 0 Å². The zero-order chi connectivity index (χ0) is 7.56. The van der Waals surface area contributed by atoms with Crippen molar-refractivity contribution < 1.29 is 9.84 Å². The molecule has 1 aliphatic heterocycles. The Kier molecular flexibility index (Phi) is 2.65. The van der Waals surface area contributed by atoms with Crippen LogP contribution >= 0.6 is 0 Å². The van der Waals surface area contributed by atoms with Crippen LogP contribution in [0.2, 0.25) is 0 Å². The molecule has 0 saturated carbocycles. The average molecular weight is 145 g/mol. The van der Waals surface area contributed by atoms with Gasteiger partial charge in [0.25, 0.3) is 0 Å². The third-order valence-corrected chi connectivity index (χ3v) is 1.89. The van der Waals surface area contributed by atoms with Crippen LogP contribution in [0.25, 0.3) is 0 Å². The second-order valence-electron chi connectivity index (χ2n) is 3.04. The third kappa shape index (κ3) is 1.94. The van der Waals surface area contributed by atoms with Crippen LogP contribution in [0.4, 0.5) is 0 Å². The number of nitrogens with zero attached hydrogens (tertiary/aromatic N) is 1. The lowest BCUT2D eigenvalue weighted by molar-refractivity contribution is -0.0441. The Hall–Kier alpha value is -0.120. The molecule has 0 aromatic carbocycles. The molecule has 1 fully saturated rings. The summed E-state index contributed by atoms with van der Waals surface area (Å²) >= 11 is 0. The number of likely N-dealkylation sites (N-methyl/N-ethyl adjacent to an activating group) is 1. The lowest BCUT2D eigenvalue weighted by atomic mass is 10.1. The number of ether oxygens (including phenoxy) is 1. The van der Waals surface area contributed by atoms with Crippen LogP contribution in [-0.4, -0.2) is 49.5 Å². The number of aliphatic hydroxyl groups is 1. The van der Waals surface area contributed by atoms with Crippen molar-refractivity contribution >= 4 is 0 Å². The van der Waals surface area contributed by atoms with Gasteiger partial charge in [-0.15, -0.1) is 0 Å². The van der Waals surface area contributed by atoms with E-state index >= 15 is 0 Å². The standard InChI is InChI=1S/C7H15NO2/c1-8(2)6-3-7(9)5-10-4-6/h6-7,9H,3-5H2,1-2H3/t6-,7-/m1/s1. The van der Waals surface area contributed by atoms with Crippen molar-refractivity contribution in [2.24, 2.45) is 0 Å². The lowest BCUT2D eigenvalue weighted by Crippen LogP contribution is -2.41. The summed E-state index contributed by atoms with van der Waals surface area (Å²) < 4.78 is 5.16. The van der Waals surface area contributed by atoms with Crippen LogP contribution in [0.15, 0.2) is 0 Å². The first-order chi connectivity index (χ1) is 4.70. The summed E-state index contributed by atoms with van der Waals surface area (Å²) in [5, 5.41) is 9.18. The smallest absolute Gasteiger partial charge is 0.0789 e. The first-order valence-corrected chi connectivity index (χ1v) is 3.62.